The van der Waals surface area contributed by atoms with Gasteiger partial charge in [0.1, 0.15) is 11.5 Å². The highest BCUT2D eigenvalue weighted by Crippen LogP contribution is 2.37. The zero-order chi connectivity index (χ0) is 20.1. The maximum Gasteiger partial charge on any atom is 0.271 e. The van der Waals surface area contributed by atoms with Crippen molar-refractivity contribution in [1.82, 2.24) is 0 Å². The van der Waals surface area contributed by atoms with Gasteiger partial charge in [-0.15, -0.1) is 0 Å². The van der Waals surface area contributed by atoms with Crippen molar-refractivity contribution in [3.05, 3.63) is 58.1 Å². The van der Waals surface area contributed by atoms with Crippen molar-refractivity contribution in [3.63, 3.8) is 0 Å². The summed E-state index contributed by atoms with van der Waals surface area (Å²) in [5, 5.41) is 11.1. The van der Waals surface area contributed by atoms with Crippen LogP contribution in [0.1, 0.15) is 31.7 Å². The van der Waals surface area contributed by atoms with Crippen LogP contribution in [0.3, 0.4) is 0 Å². The Kier molecular flexibility index (Phi) is 6.13. The molecule has 1 heterocycles. The quantitative estimate of drug-likeness (QED) is 0.386. The molecule has 1 aliphatic rings. The molecule has 148 valence electrons. The smallest absolute Gasteiger partial charge is 0.271 e. The van der Waals surface area contributed by atoms with Gasteiger partial charge in [0.2, 0.25) is 0 Å². The number of nitrogens with zero attached hydrogens (tertiary/aromatic N) is 2. The van der Waals surface area contributed by atoms with Crippen molar-refractivity contribution >= 4 is 17.3 Å². The summed E-state index contributed by atoms with van der Waals surface area (Å²) in [5.41, 5.74) is 1.58. The van der Waals surface area contributed by atoms with Crippen LogP contribution in [0.2, 0.25) is 0 Å². The van der Waals surface area contributed by atoms with Crippen LogP contribution < -0.4 is 14.4 Å². The van der Waals surface area contributed by atoms with E-state index < -0.39 is 11.0 Å². The second-order valence-electron chi connectivity index (χ2n) is 6.78. The third kappa shape index (κ3) is 4.42. The number of rotatable bonds is 8. The van der Waals surface area contributed by atoms with Gasteiger partial charge in [0.15, 0.2) is 6.10 Å². The molecule has 1 aliphatic heterocycles. The highest BCUT2D eigenvalue weighted by molar-refractivity contribution is 6.00. The highest BCUT2D eigenvalue weighted by Gasteiger charge is 2.34. The van der Waals surface area contributed by atoms with Gasteiger partial charge in [0, 0.05) is 18.7 Å². The van der Waals surface area contributed by atoms with Crippen molar-refractivity contribution in [2.24, 2.45) is 0 Å². The number of carbonyl (C=O) groups excluding carboxylic acids is 1. The fraction of sp³-hybridized carbons (Fsp3) is 0.381. The zero-order valence-electron chi connectivity index (χ0n) is 16.1. The highest BCUT2D eigenvalue weighted by atomic mass is 16.6. The van der Waals surface area contributed by atoms with Gasteiger partial charge >= 0.3 is 0 Å². The first-order valence-corrected chi connectivity index (χ1v) is 9.45. The van der Waals surface area contributed by atoms with E-state index in [1.165, 1.54) is 17.7 Å². The molecule has 0 aliphatic carbocycles. The van der Waals surface area contributed by atoms with E-state index in [0.29, 0.717) is 31.0 Å². The molecule has 7 nitrogen and oxygen atoms in total. The Hall–Kier alpha value is -3.09. The van der Waals surface area contributed by atoms with E-state index in [1.807, 2.05) is 38.1 Å². The molecule has 0 aromatic heterocycles. The maximum atomic E-state index is 12.7. The van der Waals surface area contributed by atoms with Crippen molar-refractivity contribution in [3.8, 4) is 11.5 Å². The van der Waals surface area contributed by atoms with Gasteiger partial charge in [-0.1, -0.05) is 24.6 Å². The van der Waals surface area contributed by atoms with Crippen LogP contribution in [0.15, 0.2) is 42.5 Å². The SMILES string of the molecule is CCC1Oc2ccc([N+](=O)[O-])cc2N(CCCCOc2ccc(C)cc2)C1=O. The van der Waals surface area contributed by atoms with Gasteiger partial charge in [0.05, 0.1) is 17.2 Å². The van der Waals surface area contributed by atoms with Gasteiger partial charge in [-0.3, -0.25) is 14.9 Å². The third-order valence-corrected chi connectivity index (χ3v) is 4.69. The fourth-order valence-corrected chi connectivity index (χ4v) is 3.11. The van der Waals surface area contributed by atoms with Crippen molar-refractivity contribution in [2.45, 2.75) is 39.2 Å². The lowest BCUT2D eigenvalue weighted by Gasteiger charge is -2.34. The Balaban J connectivity index is 1.63. The second-order valence-corrected chi connectivity index (χ2v) is 6.78. The molecule has 1 amide bonds. The summed E-state index contributed by atoms with van der Waals surface area (Å²) >= 11 is 0. The predicted molar refractivity (Wildman–Crippen MR) is 106 cm³/mol. The molecule has 0 bridgehead atoms. The maximum absolute atomic E-state index is 12.7. The molecule has 28 heavy (non-hydrogen) atoms. The number of fused-ring (bicyclic) bond motifs is 1. The summed E-state index contributed by atoms with van der Waals surface area (Å²) in [7, 11) is 0. The summed E-state index contributed by atoms with van der Waals surface area (Å²) in [6.07, 6.45) is 1.47. The van der Waals surface area contributed by atoms with E-state index >= 15 is 0 Å². The molecule has 0 saturated carbocycles. The van der Waals surface area contributed by atoms with Gasteiger partial charge < -0.3 is 14.4 Å². The fourth-order valence-electron chi connectivity index (χ4n) is 3.11. The monoisotopic (exact) mass is 384 g/mol. The van der Waals surface area contributed by atoms with Crippen LogP contribution in [0.5, 0.6) is 11.5 Å². The molecule has 1 unspecified atom stereocenters. The van der Waals surface area contributed by atoms with Crippen LogP contribution in [-0.2, 0) is 4.79 Å². The van der Waals surface area contributed by atoms with Gasteiger partial charge in [-0.05, 0) is 44.4 Å². The number of nitro groups is 1. The average molecular weight is 384 g/mol. The van der Waals surface area contributed by atoms with Gasteiger partial charge in [0.25, 0.3) is 11.6 Å². The molecule has 2 aromatic rings. The lowest BCUT2D eigenvalue weighted by atomic mass is 10.1. The number of nitro benzene ring substituents is 1. The number of ether oxygens (including phenoxy) is 2. The van der Waals surface area contributed by atoms with E-state index in [9.17, 15) is 14.9 Å². The van der Waals surface area contributed by atoms with Crippen LogP contribution >= 0.6 is 0 Å². The number of non-ortho nitro benzene ring substituents is 1. The topological polar surface area (TPSA) is 81.9 Å². The van der Waals surface area contributed by atoms with E-state index in [2.05, 4.69) is 0 Å². The Labute approximate surface area is 164 Å². The molecule has 0 spiro atoms. The number of amides is 1. The molecule has 2 aromatic carbocycles. The van der Waals surface area contributed by atoms with Crippen LogP contribution in [-0.4, -0.2) is 30.1 Å². The number of carbonyl (C=O) groups is 1. The summed E-state index contributed by atoms with van der Waals surface area (Å²) < 4.78 is 11.4. The Morgan fingerprint density at radius 1 is 1.18 bits per heavy atom. The van der Waals surface area contributed by atoms with Crippen molar-refractivity contribution in [1.29, 1.82) is 0 Å². The summed E-state index contributed by atoms with van der Waals surface area (Å²) in [4.78, 5) is 24.9. The number of unbranched alkanes of at least 4 members (excludes halogenated alkanes) is 1. The van der Waals surface area contributed by atoms with Gasteiger partial charge in [-0.2, -0.15) is 0 Å². The molecule has 0 saturated heterocycles. The summed E-state index contributed by atoms with van der Waals surface area (Å²) in [6, 6.07) is 12.2. The molecular weight excluding hydrogens is 360 g/mol. The minimum absolute atomic E-state index is 0.0576. The second kappa shape index (κ2) is 8.73. The zero-order valence-corrected chi connectivity index (χ0v) is 16.1. The number of anilines is 1. The summed E-state index contributed by atoms with van der Waals surface area (Å²) in [6.45, 7) is 4.91. The van der Waals surface area contributed by atoms with Crippen molar-refractivity contribution < 1.29 is 19.2 Å². The molecule has 3 rings (SSSR count). The Bertz CT molecular complexity index is 850. The van der Waals surface area contributed by atoms with Crippen LogP contribution in [0, 0.1) is 17.0 Å². The Morgan fingerprint density at radius 3 is 2.61 bits per heavy atom. The lowest BCUT2D eigenvalue weighted by molar-refractivity contribution is -0.384. The van der Waals surface area contributed by atoms with Crippen LogP contribution in [0.4, 0.5) is 11.4 Å². The van der Waals surface area contributed by atoms with Crippen LogP contribution in [0.25, 0.3) is 0 Å². The molecular formula is C21H24N2O5. The van der Waals surface area contributed by atoms with Gasteiger partial charge in [-0.25, -0.2) is 0 Å². The standard InChI is InChI=1S/C21H24N2O5/c1-3-19-21(24)22(18-14-16(23(25)26)8-11-20(18)28-19)12-4-5-13-27-17-9-6-15(2)7-10-17/h6-11,14,19H,3-5,12-13H2,1-2H3. The molecule has 0 radical (unpaired) electrons. The van der Waals surface area contributed by atoms with E-state index in [-0.39, 0.29) is 11.6 Å². The normalized spacial score (nSPS) is 15.7. The molecule has 1 atom stereocenters. The first kappa shape index (κ1) is 19.7. The minimum atomic E-state index is -0.558. The first-order chi connectivity index (χ1) is 13.5. The number of aryl methyl sites for hydroxylation is 1. The van der Waals surface area contributed by atoms with Crippen molar-refractivity contribution in [2.75, 3.05) is 18.1 Å². The number of hydrogen-bond acceptors (Lipinski definition) is 5. The number of hydrogen-bond donors (Lipinski definition) is 0. The predicted octanol–water partition coefficient (Wildman–Crippen LogP) is 4.27. The van der Waals surface area contributed by atoms with E-state index in [0.717, 1.165) is 18.6 Å². The number of benzene rings is 2. The van der Waals surface area contributed by atoms with E-state index in [1.54, 1.807) is 11.0 Å². The first-order valence-electron chi connectivity index (χ1n) is 9.45. The largest absolute Gasteiger partial charge is 0.494 e. The van der Waals surface area contributed by atoms with E-state index in [4.69, 9.17) is 9.47 Å². The average Bonchev–Trinajstić information content (AvgIpc) is 2.69. The molecule has 0 N–H and O–H groups in total. The minimum Gasteiger partial charge on any atom is -0.494 e. The lowest BCUT2D eigenvalue weighted by Crippen LogP contribution is -2.46. The molecule has 0 fully saturated rings. The summed E-state index contributed by atoms with van der Waals surface area (Å²) in [5.74, 6) is 1.17. The Morgan fingerprint density at radius 2 is 1.93 bits per heavy atom. The molecule has 7 heteroatoms. The third-order valence-electron chi connectivity index (χ3n) is 4.69.